The predicted octanol–water partition coefficient (Wildman–Crippen LogP) is 22.1. The van der Waals surface area contributed by atoms with Crippen LogP contribution in [0.5, 0.6) is 0 Å². The minimum atomic E-state index is -0.841. The Hall–Kier alpha value is -1.66. The average molecular weight is 1070 g/mol. The third-order valence-corrected chi connectivity index (χ3v) is 16.2. The summed E-state index contributed by atoms with van der Waals surface area (Å²) in [6.45, 7) is 4.93. The van der Waals surface area contributed by atoms with Crippen LogP contribution in [0.4, 0.5) is 0 Å². The number of unbranched alkanes of at least 4 members (excludes halogenated alkanes) is 52. The Morgan fingerprint density at radius 2 is 0.618 bits per heavy atom. The largest absolute Gasteiger partial charge is 0.466 e. The van der Waals surface area contributed by atoms with E-state index in [1.165, 1.54) is 315 Å². The summed E-state index contributed by atoms with van der Waals surface area (Å²) in [5.41, 5.74) is 0. The number of nitrogens with one attached hydrogen (secondary N) is 1. The Morgan fingerprint density at radius 1 is 0.355 bits per heavy atom. The number of aliphatic hydroxyl groups excluding tert-OH is 2. The van der Waals surface area contributed by atoms with Crippen LogP contribution in [0.2, 0.25) is 0 Å². The number of hydrogen-bond donors (Lipinski definition) is 3. The van der Waals surface area contributed by atoms with Gasteiger partial charge in [0.05, 0.1) is 25.4 Å². The quantitative estimate of drug-likeness (QED) is 0.0320. The molecule has 450 valence electrons. The molecule has 3 N–H and O–H groups in total. The molecule has 76 heavy (non-hydrogen) atoms. The highest BCUT2D eigenvalue weighted by Gasteiger charge is 2.18. The molecule has 6 nitrogen and oxygen atoms in total. The number of aliphatic hydroxyl groups is 2. The molecule has 0 fully saturated rings. The molecule has 0 aromatic heterocycles. The van der Waals surface area contributed by atoms with Gasteiger partial charge in [0.25, 0.3) is 0 Å². The lowest BCUT2D eigenvalue weighted by atomic mass is 10.0. The number of carbonyl (C=O) groups is 2. The maximum absolute atomic E-state index is 12.5. The zero-order valence-electron chi connectivity index (χ0n) is 51.5. The second kappa shape index (κ2) is 65.9. The topological polar surface area (TPSA) is 95.9 Å². The van der Waals surface area contributed by atoms with Crippen molar-refractivity contribution in [1.29, 1.82) is 0 Å². The van der Waals surface area contributed by atoms with Gasteiger partial charge < -0.3 is 20.3 Å². The van der Waals surface area contributed by atoms with E-state index in [1.807, 2.05) is 6.08 Å². The first-order chi connectivity index (χ1) is 37.5. The van der Waals surface area contributed by atoms with E-state index in [0.29, 0.717) is 19.4 Å². The fourth-order valence-electron chi connectivity index (χ4n) is 10.9. The van der Waals surface area contributed by atoms with Crippen LogP contribution in [0.3, 0.4) is 0 Å². The summed E-state index contributed by atoms with van der Waals surface area (Å²) >= 11 is 0. The normalized spacial score (nSPS) is 12.6. The third-order valence-electron chi connectivity index (χ3n) is 16.2. The van der Waals surface area contributed by atoms with Gasteiger partial charge >= 0.3 is 5.97 Å². The number of allylic oxidation sites excluding steroid dienone is 3. The summed E-state index contributed by atoms with van der Waals surface area (Å²) in [4.78, 5) is 24.6. The van der Waals surface area contributed by atoms with E-state index in [9.17, 15) is 19.8 Å². The van der Waals surface area contributed by atoms with Crippen LogP contribution in [0.15, 0.2) is 24.3 Å². The molecule has 0 saturated carbocycles. The number of ether oxygens (including phenoxy) is 1. The van der Waals surface area contributed by atoms with E-state index in [1.54, 1.807) is 6.08 Å². The van der Waals surface area contributed by atoms with E-state index in [-0.39, 0.29) is 18.5 Å². The molecule has 0 radical (unpaired) electrons. The zero-order chi connectivity index (χ0) is 55.0. The van der Waals surface area contributed by atoms with Gasteiger partial charge in [-0.1, -0.05) is 340 Å². The monoisotopic (exact) mass is 1070 g/mol. The second-order valence-corrected chi connectivity index (χ2v) is 23.9. The molecular formula is C70H135NO5. The Labute approximate surface area is 475 Å². The van der Waals surface area contributed by atoms with Gasteiger partial charge in [0.2, 0.25) is 5.91 Å². The summed E-state index contributed by atoms with van der Waals surface area (Å²) in [7, 11) is 0. The third kappa shape index (κ3) is 61.6. The lowest BCUT2D eigenvalue weighted by molar-refractivity contribution is -0.143. The van der Waals surface area contributed by atoms with Gasteiger partial charge in [0.1, 0.15) is 0 Å². The molecule has 1 amide bonds. The van der Waals surface area contributed by atoms with E-state index in [4.69, 9.17) is 4.74 Å². The van der Waals surface area contributed by atoms with Crippen LogP contribution in [0.25, 0.3) is 0 Å². The van der Waals surface area contributed by atoms with Gasteiger partial charge in [-0.25, -0.2) is 0 Å². The number of hydrogen-bond acceptors (Lipinski definition) is 5. The Balaban J connectivity index is 3.34. The number of amides is 1. The van der Waals surface area contributed by atoms with Gasteiger partial charge in [-0.05, 0) is 57.8 Å². The maximum Gasteiger partial charge on any atom is 0.305 e. The lowest BCUT2D eigenvalue weighted by Crippen LogP contribution is -2.45. The van der Waals surface area contributed by atoms with Crippen molar-refractivity contribution in [2.24, 2.45) is 0 Å². The minimum Gasteiger partial charge on any atom is -0.466 e. The van der Waals surface area contributed by atoms with Crippen LogP contribution in [-0.2, 0) is 14.3 Å². The van der Waals surface area contributed by atoms with Crippen molar-refractivity contribution in [2.75, 3.05) is 13.2 Å². The number of esters is 1. The van der Waals surface area contributed by atoms with Gasteiger partial charge in [0.15, 0.2) is 0 Å². The highest BCUT2D eigenvalue weighted by Crippen LogP contribution is 2.19. The molecule has 0 aliphatic rings. The van der Waals surface area contributed by atoms with Crippen LogP contribution in [-0.4, -0.2) is 47.4 Å². The molecule has 0 aliphatic heterocycles. The summed E-state index contributed by atoms with van der Waals surface area (Å²) in [5, 5.41) is 23.1. The second-order valence-electron chi connectivity index (χ2n) is 23.9. The predicted molar refractivity (Wildman–Crippen MR) is 333 cm³/mol. The minimum absolute atomic E-state index is 0.0157. The number of carbonyl (C=O) groups excluding carboxylic acids is 2. The summed E-state index contributed by atoms with van der Waals surface area (Å²) in [6.07, 6.45) is 82.5. The van der Waals surface area contributed by atoms with E-state index in [0.717, 1.165) is 44.9 Å². The average Bonchev–Trinajstić information content (AvgIpc) is 3.42. The molecule has 2 atom stereocenters. The van der Waals surface area contributed by atoms with E-state index >= 15 is 0 Å². The Bertz CT molecular complexity index is 1190. The standard InChI is InChI=1S/C70H135NO5/c1-3-5-7-9-11-13-15-17-19-32-36-40-44-48-52-56-60-64-70(75)76-65-61-57-53-49-45-41-37-34-31-29-27-25-23-21-20-22-24-26-28-30-33-35-39-43-47-51-55-59-63-69(74)71-67(66-72)68(73)62-58-54-50-46-42-38-18-16-14-12-10-8-6-4-2/h17,19,58,62,67-68,72-73H,3-16,18,20-57,59-61,63-66H2,1-2H3,(H,71,74)/b19-17-,62-58+. The summed E-state index contributed by atoms with van der Waals surface area (Å²) < 4.78 is 5.50. The Morgan fingerprint density at radius 3 is 0.934 bits per heavy atom. The first-order valence-electron chi connectivity index (χ1n) is 34.6. The van der Waals surface area contributed by atoms with Crippen molar-refractivity contribution in [3.8, 4) is 0 Å². The van der Waals surface area contributed by atoms with Crippen molar-refractivity contribution >= 4 is 11.9 Å². The van der Waals surface area contributed by atoms with Crippen molar-refractivity contribution in [3.05, 3.63) is 24.3 Å². The molecule has 0 aromatic rings. The molecule has 2 unspecified atom stereocenters. The Kier molecular flexibility index (Phi) is 64.4. The highest BCUT2D eigenvalue weighted by molar-refractivity contribution is 5.76. The van der Waals surface area contributed by atoms with Crippen LogP contribution in [0.1, 0.15) is 386 Å². The molecule has 0 aromatic carbocycles. The van der Waals surface area contributed by atoms with Crippen LogP contribution in [0, 0.1) is 0 Å². The summed E-state index contributed by atoms with van der Waals surface area (Å²) in [6, 6.07) is -0.625. The highest BCUT2D eigenvalue weighted by atomic mass is 16.5. The van der Waals surface area contributed by atoms with Crippen molar-refractivity contribution in [1.82, 2.24) is 5.32 Å². The van der Waals surface area contributed by atoms with E-state index in [2.05, 4.69) is 31.3 Å². The van der Waals surface area contributed by atoms with Crippen molar-refractivity contribution < 1.29 is 24.5 Å². The van der Waals surface area contributed by atoms with Crippen molar-refractivity contribution in [2.45, 2.75) is 398 Å². The smallest absolute Gasteiger partial charge is 0.305 e. The van der Waals surface area contributed by atoms with Gasteiger partial charge in [0, 0.05) is 12.8 Å². The first-order valence-corrected chi connectivity index (χ1v) is 34.6. The fraction of sp³-hybridized carbons (Fsp3) is 0.914. The molecule has 6 heteroatoms. The van der Waals surface area contributed by atoms with Gasteiger partial charge in [-0.15, -0.1) is 0 Å². The molecular weight excluding hydrogens is 935 g/mol. The molecule has 0 heterocycles. The molecule has 0 aliphatic carbocycles. The SMILES string of the molecule is CCCCCCCC/C=C\CCCCCCCCCC(=O)OCCCCCCCCCCCCCCCCCCCCCCCCCCCCCCC(=O)NC(CO)C(O)/C=C/CCCCCCCCCCCCCC. The van der Waals surface area contributed by atoms with Crippen LogP contribution >= 0.6 is 0 Å². The van der Waals surface area contributed by atoms with Crippen molar-refractivity contribution in [3.63, 3.8) is 0 Å². The molecule has 0 rings (SSSR count). The van der Waals surface area contributed by atoms with E-state index < -0.39 is 12.1 Å². The maximum atomic E-state index is 12.5. The van der Waals surface area contributed by atoms with Gasteiger partial charge in [-0.2, -0.15) is 0 Å². The van der Waals surface area contributed by atoms with Gasteiger partial charge in [-0.3, -0.25) is 9.59 Å². The summed E-state index contributed by atoms with van der Waals surface area (Å²) in [5.74, 6) is -0.0472. The number of rotatable bonds is 65. The zero-order valence-corrected chi connectivity index (χ0v) is 51.5. The fourth-order valence-corrected chi connectivity index (χ4v) is 10.9. The molecule has 0 saturated heterocycles. The first kappa shape index (κ1) is 74.3. The molecule has 0 spiro atoms. The van der Waals surface area contributed by atoms with Crippen LogP contribution < -0.4 is 5.32 Å². The lowest BCUT2D eigenvalue weighted by Gasteiger charge is -2.20. The molecule has 0 bridgehead atoms.